The fourth-order valence-electron chi connectivity index (χ4n) is 5.36. The van der Waals surface area contributed by atoms with Crippen molar-refractivity contribution in [3.8, 4) is 11.5 Å². The van der Waals surface area contributed by atoms with Crippen LogP contribution in [0.4, 0.5) is 13.2 Å². The first kappa shape index (κ1) is 35.4. The fourth-order valence-corrected chi connectivity index (χ4v) is 6.74. The molecule has 0 saturated heterocycles. The van der Waals surface area contributed by atoms with Crippen LogP contribution in [-0.4, -0.2) is 56.9 Å². The molecule has 0 radical (unpaired) electrons. The molecular formula is C36H35F3N2O7S. The lowest BCUT2D eigenvalue weighted by molar-refractivity contribution is -0.137. The van der Waals surface area contributed by atoms with Crippen LogP contribution >= 0.6 is 0 Å². The molecule has 2 atom stereocenters. The number of amides is 1. The Morgan fingerprint density at radius 1 is 0.959 bits per heavy atom. The number of hydrogen-bond donors (Lipinski definition) is 2. The van der Waals surface area contributed by atoms with Crippen molar-refractivity contribution in [3.63, 3.8) is 0 Å². The van der Waals surface area contributed by atoms with E-state index < -0.39 is 44.9 Å². The minimum absolute atomic E-state index is 0.0165. The van der Waals surface area contributed by atoms with E-state index >= 15 is 0 Å². The van der Waals surface area contributed by atoms with Crippen molar-refractivity contribution in [2.75, 3.05) is 26.1 Å². The molecule has 0 spiro atoms. The molecule has 4 aromatic carbocycles. The molecule has 4 aromatic rings. The molecule has 1 amide bonds. The van der Waals surface area contributed by atoms with Crippen LogP contribution in [0.25, 0.3) is 0 Å². The number of hydrogen-bond acceptors (Lipinski definition) is 8. The molecule has 0 fully saturated rings. The third-order valence-electron chi connectivity index (χ3n) is 8.02. The number of nitrogens with zero attached hydrogens (tertiary/aromatic N) is 1. The molecule has 9 nitrogen and oxygen atoms in total. The van der Waals surface area contributed by atoms with E-state index in [4.69, 9.17) is 24.3 Å². The first-order valence-corrected chi connectivity index (χ1v) is 17.1. The molecule has 0 unspecified atom stereocenters. The molecule has 13 heteroatoms. The molecular weight excluding hydrogens is 661 g/mol. The van der Waals surface area contributed by atoms with Crippen LogP contribution < -0.4 is 14.8 Å². The number of carbonyl (C=O) groups excluding carboxylic acids is 1. The maximum atomic E-state index is 14.4. The molecule has 258 valence electrons. The zero-order chi connectivity index (χ0) is 35.1. The summed E-state index contributed by atoms with van der Waals surface area (Å²) in [4.78, 5) is 19.3. The molecule has 1 heterocycles. The van der Waals surface area contributed by atoms with Crippen molar-refractivity contribution >= 4 is 21.6 Å². The lowest BCUT2D eigenvalue weighted by Crippen LogP contribution is -2.49. The van der Waals surface area contributed by atoms with Crippen LogP contribution in [0.5, 0.6) is 11.5 Å². The molecule has 5 rings (SSSR count). The van der Waals surface area contributed by atoms with Crippen molar-refractivity contribution < 1.29 is 45.7 Å². The predicted octanol–water partition coefficient (Wildman–Crippen LogP) is 5.91. The summed E-state index contributed by atoms with van der Waals surface area (Å²) in [6, 6.07) is 25.8. The highest BCUT2D eigenvalue weighted by atomic mass is 32.2. The summed E-state index contributed by atoms with van der Waals surface area (Å²) in [5.74, 6) is -0.0633. The average Bonchev–Trinajstić information content (AvgIpc) is 3.51. The lowest BCUT2D eigenvalue weighted by Gasteiger charge is -2.31. The van der Waals surface area contributed by atoms with E-state index in [1.807, 2.05) is 0 Å². The van der Waals surface area contributed by atoms with Gasteiger partial charge in [-0.25, -0.2) is 13.4 Å². The Morgan fingerprint density at radius 2 is 1.67 bits per heavy atom. The second-order valence-corrected chi connectivity index (χ2v) is 13.4. The van der Waals surface area contributed by atoms with Gasteiger partial charge >= 0.3 is 6.18 Å². The summed E-state index contributed by atoms with van der Waals surface area (Å²) in [5.41, 5.74) is -1.28. The number of methoxy groups -OCH3 is 1. The topological polar surface area (TPSA) is 124 Å². The Balaban J connectivity index is 1.54. The number of alkyl halides is 3. The Hall–Kier alpha value is -4.88. The molecule has 0 aromatic heterocycles. The van der Waals surface area contributed by atoms with Gasteiger partial charge in [0.1, 0.15) is 11.5 Å². The van der Waals surface area contributed by atoms with E-state index in [0.717, 1.165) is 12.1 Å². The molecule has 49 heavy (non-hydrogen) atoms. The monoisotopic (exact) mass is 696 g/mol. The van der Waals surface area contributed by atoms with E-state index in [0.29, 0.717) is 41.2 Å². The van der Waals surface area contributed by atoms with Crippen LogP contribution in [0.15, 0.2) is 113 Å². The van der Waals surface area contributed by atoms with Gasteiger partial charge < -0.3 is 24.6 Å². The molecule has 1 aliphatic heterocycles. The quantitative estimate of drug-likeness (QED) is 0.157. The number of rotatable bonds is 14. The summed E-state index contributed by atoms with van der Waals surface area (Å²) in [7, 11) is -2.41. The number of nitrogens with one attached hydrogen (secondary N) is 1. The van der Waals surface area contributed by atoms with Gasteiger partial charge in [-0.05, 0) is 71.8 Å². The minimum Gasteiger partial charge on any atom is -0.497 e. The van der Waals surface area contributed by atoms with E-state index in [1.54, 1.807) is 66.7 Å². The summed E-state index contributed by atoms with van der Waals surface area (Å²) in [5, 5.41) is 11.8. The number of carbonyl (C=O) groups is 1. The van der Waals surface area contributed by atoms with Crippen molar-refractivity contribution in [1.29, 1.82) is 0 Å². The summed E-state index contributed by atoms with van der Waals surface area (Å²) < 4.78 is 84.0. The largest absolute Gasteiger partial charge is 0.497 e. The zero-order valence-electron chi connectivity index (χ0n) is 26.5. The van der Waals surface area contributed by atoms with Gasteiger partial charge in [-0.1, -0.05) is 42.5 Å². The number of ether oxygens (including phenoxy) is 3. The van der Waals surface area contributed by atoms with E-state index in [2.05, 4.69) is 5.32 Å². The van der Waals surface area contributed by atoms with Crippen LogP contribution in [0.2, 0.25) is 0 Å². The number of benzene rings is 4. The fraction of sp³-hybridized carbons (Fsp3) is 0.278. The van der Waals surface area contributed by atoms with E-state index in [9.17, 15) is 26.4 Å². The van der Waals surface area contributed by atoms with E-state index in [1.165, 1.54) is 31.4 Å². The van der Waals surface area contributed by atoms with Gasteiger partial charge in [-0.2, -0.15) is 13.2 Å². The Kier molecular flexibility index (Phi) is 10.9. The Bertz CT molecular complexity index is 1870. The first-order valence-electron chi connectivity index (χ1n) is 15.4. The maximum absolute atomic E-state index is 14.4. The van der Waals surface area contributed by atoms with Gasteiger partial charge in [-0.15, -0.1) is 0 Å². The Labute approximate surface area is 282 Å². The smallest absolute Gasteiger partial charge is 0.416 e. The highest BCUT2D eigenvalue weighted by Crippen LogP contribution is 2.44. The van der Waals surface area contributed by atoms with Gasteiger partial charge in [0.15, 0.2) is 21.5 Å². The Morgan fingerprint density at radius 3 is 2.33 bits per heavy atom. The van der Waals surface area contributed by atoms with Gasteiger partial charge in [-0.3, -0.25) is 4.79 Å². The summed E-state index contributed by atoms with van der Waals surface area (Å²) in [6.45, 7) is 0.139. The molecule has 0 saturated carbocycles. The molecule has 1 aliphatic rings. The van der Waals surface area contributed by atoms with Crippen LogP contribution in [0.3, 0.4) is 0 Å². The number of sulfone groups is 1. The minimum atomic E-state index is -4.52. The van der Waals surface area contributed by atoms with Crippen LogP contribution in [-0.2, 0) is 32.1 Å². The van der Waals surface area contributed by atoms with Gasteiger partial charge in [0, 0.05) is 31.6 Å². The number of aliphatic hydroxyl groups excluding tert-OH is 1. The highest BCUT2D eigenvalue weighted by Gasteiger charge is 2.53. The number of aliphatic hydroxyl groups is 1. The summed E-state index contributed by atoms with van der Waals surface area (Å²) in [6.07, 6.45) is -5.47. The molecule has 0 bridgehead atoms. The molecule has 0 aliphatic carbocycles. The standard InChI is InChI=1S/C36H35F3N2O7S/c1-46-30-8-5-7-27(23-30)32-35(19-22-49(44,45)31-9-3-2-4-10-31,34(43)40-24-25-11-15-28(16-12-25)36(37,38)39)41-33(48-32)26-13-17-29(18-14-26)47-21-6-20-42/h2-5,7-18,23,32,42H,6,19-22,24H2,1H3,(H,40,43)/t32-,35-/m1/s1. The van der Waals surface area contributed by atoms with Crippen molar-refractivity contribution in [2.24, 2.45) is 4.99 Å². The van der Waals surface area contributed by atoms with Gasteiger partial charge in [0.2, 0.25) is 5.90 Å². The van der Waals surface area contributed by atoms with Gasteiger partial charge in [0.25, 0.3) is 5.91 Å². The zero-order valence-corrected chi connectivity index (χ0v) is 27.3. The average molecular weight is 697 g/mol. The predicted molar refractivity (Wildman–Crippen MR) is 176 cm³/mol. The maximum Gasteiger partial charge on any atom is 0.416 e. The van der Waals surface area contributed by atoms with Crippen molar-refractivity contribution in [1.82, 2.24) is 5.32 Å². The lowest BCUT2D eigenvalue weighted by atomic mass is 9.85. The number of halogens is 3. The first-order chi connectivity index (χ1) is 23.4. The van der Waals surface area contributed by atoms with Crippen molar-refractivity contribution in [3.05, 3.63) is 125 Å². The SMILES string of the molecule is COc1cccc([C@H]2OC(c3ccc(OCCCO)cc3)=N[C@@]2(CCS(=O)(=O)c2ccccc2)C(=O)NCc2ccc(C(F)(F)F)cc2)c1. The van der Waals surface area contributed by atoms with Crippen LogP contribution in [0.1, 0.15) is 41.2 Å². The molecule has 2 N–H and O–H groups in total. The van der Waals surface area contributed by atoms with Gasteiger partial charge in [0.05, 0.1) is 29.9 Å². The normalized spacial score (nSPS) is 17.6. The second-order valence-electron chi connectivity index (χ2n) is 11.3. The highest BCUT2D eigenvalue weighted by molar-refractivity contribution is 7.91. The number of aliphatic imine (C=N–C) groups is 1. The summed E-state index contributed by atoms with van der Waals surface area (Å²) >= 11 is 0. The van der Waals surface area contributed by atoms with Crippen LogP contribution in [0, 0.1) is 0 Å². The van der Waals surface area contributed by atoms with E-state index in [-0.39, 0.29) is 30.4 Å². The third-order valence-corrected chi connectivity index (χ3v) is 9.75. The third kappa shape index (κ3) is 8.41. The van der Waals surface area contributed by atoms with Crippen molar-refractivity contribution in [2.45, 2.75) is 42.1 Å². The second kappa shape index (κ2) is 15.1.